The molecule has 0 aromatic heterocycles. The highest BCUT2D eigenvalue weighted by Crippen LogP contribution is 2.21. The van der Waals surface area contributed by atoms with Gasteiger partial charge >= 0.3 is 0 Å². The Balaban J connectivity index is 2.04. The van der Waals surface area contributed by atoms with Crippen LogP contribution in [0, 0.1) is 5.82 Å². The van der Waals surface area contributed by atoms with Crippen LogP contribution < -0.4 is 5.32 Å². The van der Waals surface area contributed by atoms with Crippen molar-refractivity contribution in [2.45, 2.75) is 31.8 Å². The minimum absolute atomic E-state index is 0.279. The van der Waals surface area contributed by atoms with Crippen molar-refractivity contribution in [3.63, 3.8) is 0 Å². The maximum atomic E-state index is 13.7. The molecule has 0 saturated heterocycles. The monoisotopic (exact) mass is 283 g/mol. The van der Waals surface area contributed by atoms with Crippen LogP contribution in [0.25, 0.3) is 0 Å². The summed E-state index contributed by atoms with van der Waals surface area (Å²) >= 11 is 6.04. The van der Waals surface area contributed by atoms with Crippen LogP contribution in [0.15, 0.2) is 23.2 Å². The van der Waals surface area contributed by atoms with Crippen molar-refractivity contribution in [1.82, 2.24) is 10.2 Å². The molecule has 19 heavy (non-hydrogen) atoms. The first-order valence-corrected chi connectivity index (χ1v) is 6.87. The SMILES string of the molecule is CN=C(NC1CCC1)N(C)Cc1c(F)cccc1Cl. The van der Waals surface area contributed by atoms with Gasteiger partial charge < -0.3 is 10.2 Å². The van der Waals surface area contributed by atoms with Gasteiger partial charge in [-0.05, 0) is 31.4 Å². The summed E-state index contributed by atoms with van der Waals surface area (Å²) in [5.74, 6) is 0.502. The first-order valence-electron chi connectivity index (χ1n) is 6.49. The lowest BCUT2D eigenvalue weighted by molar-refractivity contribution is 0.358. The third-order valence-corrected chi connectivity index (χ3v) is 3.82. The summed E-state index contributed by atoms with van der Waals surface area (Å²) in [6.45, 7) is 0.401. The van der Waals surface area contributed by atoms with Gasteiger partial charge in [0.25, 0.3) is 0 Å². The highest BCUT2D eigenvalue weighted by molar-refractivity contribution is 6.31. The number of hydrogen-bond donors (Lipinski definition) is 1. The van der Waals surface area contributed by atoms with Crippen molar-refractivity contribution in [3.05, 3.63) is 34.6 Å². The van der Waals surface area contributed by atoms with E-state index in [-0.39, 0.29) is 5.82 Å². The quantitative estimate of drug-likeness (QED) is 0.682. The number of benzene rings is 1. The lowest BCUT2D eigenvalue weighted by Gasteiger charge is -2.31. The molecule has 1 fully saturated rings. The second kappa shape index (κ2) is 6.24. The van der Waals surface area contributed by atoms with E-state index in [1.54, 1.807) is 19.2 Å². The number of nitrogens with zero attached hydrogens (tertiary/aromatic N) is 2. The number of aliphatic imine (C=N–C) groups is 1. The Bertz CT molecular complexity index is 452. The van der Waals surface area contributed by atoms with Crippen LogP contribution in [0.5, 0.6) is 0 Å². The lowest BCUT2D eigenvalue weighted by Crippen LogP contribution is -2.46. The molecule has 0 aliphatic heterocycles. The van der Waals surface area contributed by atoms with Gasteiger partial charge in [0.1, 0.15) is 5.82 Å². The molecule has 0 unspecified atom stereocenters. The van der Waals surface area contributed by atoms with Crippen LogP contribution in [0.4, 0.5) is 4.39 Å². The van der Waals surface area contributed by atoms with Gasteiger partial charge in [-0.25, -0.2) is 4.39 Å². The van der Waals surface area contributed by atoms with Crippen molar-refractivity contribution in [1.29, 1.82) is 0 Å². The number of rotatable bonds is 3. The maximum absolute atomic E-state index is 13.7. The van der Waals surface area contributed by atoms with Crippen LogP contribution in [-0.4, -0.2) is 31.0 Å². The van der Waals surface area contributed by atoms with E-state index in [0.717, 1.165) is 5.96 Å². The van der Waals surface area contributed by atoms with Crippen molar-refractivity contribution in [3.8, 4) is 0 Å². The summed E-state index contributed by atoms with van der Waals surface area (Å²) in [5, 5.41) is 3.82. The summed E-state index contributed by atoms with van der Waals surface area (Å²) in [5.41, 5.74) is 0.503. The summed E-state index contributed by atoms with van der Waals surface area (Å²) in [6.07, 6.45) is 3.61. The molecule has 0 heterocycles. The van der Waals surface area contributed by atoms with Crippen LogP contribution in [0.1, 0.15) is 24.8 Å². The normalized spacial score (nSPS) is 16.1. The highest BCUT2D eigenvalue weighted by atomic mass is 35.5. The third-order valence-electron chi connectivity index (χ3n) is 3.47. The van der Waals surface area contributed by atoms with Gasteiger partial charge in [-0.1, -0.05) is 17.7 Å². The molecule has 0 amide bonds. The van der Waals surface area contributed by atoms with Gasteiger partial charge in [0.2, 0.25) is 0 Å². The maximum Gasteiger partial charge on any atom is 0.193 e. The summed E-state index contributed by atoms with van der Waals surface area (Å²) in [6, 6.07) is 5.24. The zero-order valence-electron chi connectivity index (χ0n) is 11.3. The van der Waals surface area contributed by atoms with Gasteiger partial charge in [-0.3, -0.25) is 4.99 Å². The van der Waals surface area contributed by atoms with E-state index in [4.69, 9.17) is 11.6 Å². The predicted octanol–water partition coefficient (Wildman–Crippen LogP) is 3.04. The van der Waals surface area contributed by atoms with Gasteiger partial charge in [-0.15, -0.1) is 0 Å². The second-order valence-corrected chi connectivity index (χ2v) is 5.28. The topological polar surface area (TPSA) is 27.6 Å². The van der Waals surface area contributed by atoms with E-state index in [1.165, 1.54) is 25.3 Å². The average molecular weight is 284 g/mol. The molecule has 0 bridgehead atoms. The smallest absolute Gasteiger partial charge is 0.193 e. The molecule has 1 aromatic carbocycles. The van der Waals surface area contributed by atoms with Crippen LogP contribution in [0.2, 0.25) is 5.02 Å². The largest absolute Gasteiger partial charge is 0.354 e. The molecule has 1 N–H and O–H groups in total. The summed E-state index contributed by atoms with van der Waals surface area (Å²) < 4.78 is 13.7. The predicted molar refractivity (Wildman–Crippen MR) is 77.0 cm³/mol. The molecule has 5 heteroatoms. The zero-order chi connectivity index (χ0) is 13.8. The minimum atomic E-state index is -0.279. The van der Waals surface area contributed by atoms with E-state index >= 15 is 0 Å². The molecule has 1 aliphatic carbocycles. The first kappa shape index (κ1) is 14.1. The van der Waals surface area contributed by atoms with Crippen LogP contribution >= 0.6 is 11.6 Å². The molecule has 104 valence electrons. The second-order valence-electron chi connectivity index (χ2n) is 4.88. The van der Waals surface area contributed by atoms with Crippen molar-refractivity contribution < 1.29 is 4.39 Å². The standard InChI is InChI=1S/C14H19ClFN3/c1-17-14(18-10-5-3-6-10)19(2)9-11-12(15)7-4-8-13(11)16/h4,7-8,10H,3,5-6,9H2,1-2H3,(H,17,18). The zero-order valence-corrected chi connectivity index (χ0v) is 12.0. The van der Waals surface area contributed by atoms with Crippen LogP contribution in [0.3, 0.4) is 0 Å². The molecule has 0 spiro atoms. The van der Waals surface area contributed by atoms with E-state index in [0.29, 0.717) is 23.2 Å². The molecule has 1 aliphatic rings. The fourth-order valence-corrected chi connectivity index (χ4v) is 2.30. The first-order chi connectivity index (χ1) is 9.11. The average Bonchev–Trinajstić information content (AvgIpc) is 2.32. The Morgan fingerprint density at radius 1 is 1.53 bits per heavy atom. The van der Waals surface area contributed by atoms with Crippen molar-refractivity contribution >= 4 is 17.6 Å². The summed E-state index contributed by atoms with van der Waals surface area (Å²) in [4.78, 5) is 6.12. The molecule has 2 rings (SSSR count). The Hall–Kier alpha value is -1.29. The summed E-state index contributed by atoms with van der Waals surface area (Å²) in [7, 11) is 3.62. The highest BCUT2D eigenvalue weighted by Gasteiger charge is 2.20. The van der Waals surface area contributed by atoms with Gasteiger partial charge in [0, 0.05) is 37.3 Å². The van der Waals surface area contributed by atoms with E-state index in [9.17, 15) is 4.39 Å². The minimum Gasteiger partial charge on any atom is -0.354 e. The van der Waals surface area contributed by atoms with Crippen molar-refractivity contribution in [2.24, 2.45) is 4.99 Å². The lowest BCUT2D eigenvalue weighted by atomic mass is 9.93. The third kappa shape index (κ3) is 3.38. The van der Waals surface area contributed by atoms with Crippen molar-refractivity contribution in [2.75, 3.05) is 14.1 Å². The number of hydrogen-bond acceptors (Lipinski definition) is 1. The van der Waals surface area contributed by atoms with Gasteiger partial charge in [0.15, 0.2) is 5.96 Å². The molecular formula is C14H19ClFN3. The Labute approximate surface area is 118 Å². The molecule has 1 saturated carbocycles. The molecule has 1 aromatic rings. The van der Waals surface area contributed by atoms with Gasteiger partial charge in [-0.2, -0.15) is 0 Å². The number of nitrogens with one attached hydrogen (secondary N) is 1. The molecule has 0 atom stereocenters. The molecule has 0 radical (unpaired) electrons. The van der Waals surface area contributed by atoms with E-state index in [2.05, 4.69) is 10.3 Å². The Morgan fingerprint density at radius 3 is 2.79 bits per heavy atom. The molecular weight excluding hydrogens is 265 g/mol. The fourth-order valence-electron chi connectivity index (χ4n) is 2.08. The fraction of sp³-hybridized carbons (Fsp3) is 0.500. The van der Waals surface area contributed by atoms with E-state index < -0.39 is 0 Å². The van der Waals surface area contributed by atoms with Gasteiger partial charge in [0.05, 0.1) is 0 Å². The van der Waals surface area contributed by atoms with E-state index in [1.807, 2.05) is 11.9 Å². The number of halogens is 2. The van der Waals surface area contributed by atoms with Crippen LogP contribution in [-0.2, 0) is 6.54 Å². The Kier molecular flexibility index (Phi) is 4.64. The molecule has 3 nitrogen and oxygen atoms in total. The Morgan fingerprint density at radius 2 is 2.26 bits per heavy atom. The number of guanidine groups is 1.